The van der Waals surface area contributed by atoms with E-state index in [-0.39, 0.29) is 12.0 Å². The van der Waals surface area contributed by atoms with E-state index in [9.17, 15) is 9.18 Å². The molecule has 16 heavy (non-hydrogen) atoms. The lowest BCUT2D eigenvalue weighted by molar-refractivity contribution is -0.137. The van der Waals surface area contributed by atoms with Gasteiger partial charge in [-0.15, -0.1) is 0 Å². The number of nitrogens with zero attached hydrogens (tertiary/aromatic N) is 1. The molecule has 0 aliphatic rings. The predicted octanol–water partition coefficient (Wildman–Crippen LogP) is 1.81. The van der Waals surface area contributed by atoms with Crippen LogP contribution in [-0.4, -0.2) is 16.2 Å². The summed E-state index contributed by atoms with van der Waals surface area (Å²) in [5.41, 5.74) is 0.374. The molecule has 1 rings (SSSR count). The van der Waals surface area contributed by atoms with E-state index >= 15 is 0 Å². The van der Waals surface area contributed by atoms with Crippen LogP contribution in [0.25, 0.3) is 0 Å². The molecular weight excluding hydrogens is 213 g/mol. The van der Waals surface area contributed by atoms with E-state index in [0.717, 1.165) is 6.07 Å². The van der Waals surface area contributed by atoms with E-state index in [4.69, 9.17) is 15.5 Å². The van der Waals surface area contributed by atoms with Crippen molar-refractivity contribution in [2.75, 3.05) is 0 Å². The number of hydrogen-bond donors (Lipinski definition) is 2. The van der Waals surface area contributed by atoms with Crippen LogP contribution in [0.2, 0.25) is 0 Å². The summed E-state index contributed by atoms with van der Waals surface area (Å²) in [5.74, 6) is -2.44. The van der Waals surface area contributed by atoms with Crippen LogP contribution in [0.1, 0.15) is 24.0 Å². The Balaban J connectivity index is 2.79. The third-order valence-electron chi connectivity index (χ3n) is 2.10. The minimum atomic E-state index is -0.917. The van der Waals surface area contributed by atoms with Gasteiger partial charge in [-0.3, -0.25) is 4.79 Å². The van der Waals surface area contributed by atoms with Crippen molar-refractivity contribution in [1.82, 2.24) is 0 Å². The topological polar surface area (TPSA) is 81.3 Å². The van der Waals surface area contributed by atoms with Crippen molar-refractivity contribution in [3.63, 3.8) is 0 Å². The van der Waals surface area contributed by atoms with Crippen LogP contribution in [0, 0.1) is 17.1 Å². The Morgan fingerprint density at radius 1 is 1.50 bits per heavy atom. The van der Waals surface area contributed by atoms with Gasteiger partial charge in [0.1, 0.15) is 6.07 Å². The molecule has 0 aliphatic carbocycles. The van der Waals surface area contributed by atoms with Gasteiger partial charge >= 0.3 is 5.97 Å². The van der Waals surface area contributed by atoms with Crippen LogP contribution in [0.5, 0.6) is 5.75 Å². The monoisotopic (exact) mass is 223 g/mol. The zero-order valence-electron chi connectivity index (χ0n) is 8.40. The van der Waals surface area contributed by atoms with Crippen LogP contribution in [0.15, 0.2) is 12.1 Å². The van der Waals surface area contributed by atoms with E-state index in [0.29, 0.717) is 18.4 Å². The van der Waals surface area contributed by atoms with Crippen molar-refractivity contribution >= 4 is 5.97 Å². The molecule has 0 aliphatic heterocycles. The van der Waals surface area contributed by atoms with Crippen molar-refractivity contribution in [2.24, 2.45) is 0 Å². The van der Waals surface area contributed by atoms with E-state index in [1.807, 2.05) is 0 Å². The summed E-state index contributed by atoms with van der Waals surface area (Å²) in [5, 5.41) is 26.2. The predicted molar refractivity (Wildman–Crippen MR) is 53.4 cm³/mol. The first-order valence-electron chi connectivity index (χ1n) is 4.68. The van der Waals surface area contributed by atoms with Crippen molar-refractivity contribution in [3.05, 3.63) is 29.1 Å². The highest BCUT2D eigenvalue weighted by atomic mass is 19.1. The number of phenols is 1. The van der Waals surface area contributed by atoms with Crippen molar-refractivity contribution in [2.45, 2.75) is 19.3 Å². The number of hydrogen-bond acceptors (Lipinski definition) is 3. The van der Waals surface area contributed by atoms with Crippen LogP contribution in [-0.2, 0) is 11.2 Å². The number of benzene rings is 1. The van der Waals surface area contributed by atoms with E-state index in [1.165, 1.54) is 6.07 Å². The number of halogens is 1. The molecule has 1 aromatic rings. The summed E-state index contributed by atoms with van der Waals surface area (Å²) in [6.45, 7) is 0. The van der Waals surface area contributed by atoms with Gasteiger partial charge in [0, 0.05) is 6.42 Å². The molecule has 0 spiro atoms. The molecule has 2 N–H and O–H groups in total. The molecule has 0 saturated carbocycles. The fourth-order valence-corrected chi connectivity index (χ4v) is 1.33. The molecule has 0 heterocycles. The minimum Gasteiger partial charge on any atom is -0.504 e. The Bertz CT molecular complexity index is 451. The van der Waals surface area contributed by atoms with Gasteiger partial charge < -0.3 is 10.2 Å². The summed E-state index contributed by atoms with van der Waals surface area (Å²) in [4.78, 5) is 10.3. The molecule has 0 saturated heterocycles. The molecule has 0 amide bonds. The van der Waals surface area contributed by atoms with Crippen molar-refractivity contribution < 1.29 is 19.4 Å². The Morgan fingerprint density at radius 3 is 2.75 bits per heavy atom. The molecule has 0 radical (unpaired) electrons. The average Bonchev–Trinajstić information content (AvgIpc) is 2.22. The fraction of sp³-hybridized carbons (Fsp3) is 0.273. The maximum atomic E-state index is 13.1. The molecule has 0 fully saturated rings. The van der Waals surface area contributed by atoms with E-state index in [2.05, 4.69) is 0 Å². The van der Waals surface area contributed by atoms with Crippen LogP contribution in [0.4, 0.5) is 4.39 Å². The SMILES string of the molecule is N#Cc1cc(CCCC(=O)O)cc(F)c1O. The first kappa shape index (κ1) is 12.0. The molecule has 4 nitrogen and oxygen atoms in total. The van der Waals surface area contributed by atoms with Crippen LogP contribution < -0.4 is 0 Å². The molecule has 84 valence electrons. The van der Waals surface area contributed by atoms with Gasteiger partial charge in [0.05, 0.1) is 5.56 Å². The normalized spacial score (nSPS) is 9.75. The quantitative estimate of drug-likeness (QED) is 0.815. The second-order valence-corrected chi connectivity index (χ2v) is 3.33. The number of carbonyl (C=O) groups is 1. The smallest absolute Gasteiger partial charge is 0.303 e. The molecule has 0 bridgehead atoms. The van der Waals surface area contributed by atoms with Gasteiger partial charge in [0.15, 0.2) is 11.6 Å². The fourth-order valence-electron chi connectivity index (χ4n) is 1.33. The highest BCUT2D eigenvalue weighted by Crippen LogP contribution is 2.23. The Morgan fingerprint density at radius 2 is 2.19 bits per heavy atom. The maximum absolute atomic E-state index is 13.1. The highest BCUT2D eigenvalue weighted by Gasteiger charge is 2.09. The number of rotatable bonds is 4. The third-order valence-corrected chi connectivity index (χ3v) is 2.10. The third kappa shape index (κ3) is 2.95. The molecule has 0 aromatic heterocycles. The lowest BCUT2D eigenvalue weighted by Gasteiger charge is -2.03. The summed E-state index contributed by atoms with van der Waals surface area (Å²) in [6.07, 6.45) is 0.715. The zero-order valence-corrected chi connectivity index (χ0v) is 8.40. The largest absolute Gasteiger partial charge is 0.504 e. The summed E-state index contributed by atoms with van der Waals surface area (Å²) in [7, 11) is 0. The van der Waals surface area contributed by atoms with Gasteiger partial charge in [-0.2, -0.15) is 5.26 Å². The maximum Gasteiger partial charge on any atom is 0.303 e. The second-order valence-electron chi connectivity index (χ2n) is 3.33. The molecular formula is C11H10FNO3. The highest BCUT2D eigenvalue weighted by molar-refractivity contribution is 5.66. The van der Waals surface area contributed by atoms with Gasteiger partial charge in [0.25, 0.3) is 0 Å². The standard InChI is InChI=1S/C11H10FNO3/c12-9-5-7(2-1-3-10(14)15)4-8(6-13)11(9)16/h4-5,16H,1-3H2,(H,14,15). The lowest BCUT2D eigenvalue weighted by Crippen LogP contribution is -1.97. The summed E-state index contributed by atoms with van der Waals surface area (Å²) < 4.78 is 13.1. The number of aliphatic carboxylic acids is 1. The Kier molecular flexibility index (Phi) is 3.84. The van der Waals surface area contributed by atoms with Gasteiger partial charge in [-0.05, 0) is 30.5 Å². The van der Waals surface area contributed by atoms with Gasteiger partial charge in [-0.1, -0.05) is 0 Å². The Hall–Kier alpha value is -2.09. The molecule has 1 aromatic carbocycles. The number of aryl methyl sites for hydroxylation is 1. The number of aromatic hydroxyl groups is 1. The van der Waals surface area contributed by atoms with Gasteiger partial charge in [0.2, 0.25) is 0 Å². The first-order chi connectivity index (χ1) is 7.54. The number of carboxylic acid groups (broad SMARTS) is 1. The number of phenolic OH excluding ortho intramolecular Hbond substituents is 1. The summed E-state index contributed by atoms with van der Waals surface area (Å²) in [6, 6.07) is 4.14. The average molecular weight is 223 g/mol. The van der Waals surface area contributed by atoms with E-state index in [1.54, 1.807) is 6.07 Å². The summed E-state index contributed by atoms with van der Waals surface area (Å²) >= 11 is 0. The number of nitriles is 1. The number of carboxylic acids is 1. The van der Waals surface area contributed by atoms with Crippen LogP contribution >= 0.6 is 0 Å². The second kappa shape index (κ2) is 5.12. The van der Waals surface area contributed by atoms with E-state index < -0.39 is 17.5 Å². The van der Waals surface area contributed by atoms with Crippen molar-refractivity contribution in [1.29, 1.82) is 5.26 Å². The molecule has 0 unspecified atom stereocenters. The first-order valence-corrected chi connectivity index (χ1v) is 4.68. The Labute approximate surface area is 91.6 Å². The minimum absolute atomic E-state index is 0.00954. The van der Waals surface area contributed by atoms with Crippen LogP contribution in [0.3, 0.4) is 0 Å². The molecule has 0 atom stereocenters. The van der Waals surface area contributed by atoms with Crippen molar-refractivity contribution in [3.8, 4) is 11.8 Å². The molecule has 5 heteroatoms. The van der Waals surface area contributed by atoms with Gasteiger partial charge in [-0.25, -0.2) is 4.39 Å². The zero-order chi connectivity index (χ0) is 12.1. The lowest BCUT2D eigenvalue weighted by atomic mass is 10.0.